The molecule has 0 aromatic heterocycles. The Bertz CT molecular complexity index is 690. The molecule has 0 unspecified atom stereocenters. The number of carbonyl (C=O) groups is 1. The smallest absolute Gasteiger partial charge is 0.317 e. The second-order valence-electron chi connectivity index (χ2n) is 6.21. The quantitative estimate of drug-likeness (QED) is 0.910. The number of urea groups is 1. The number of hydrogen-bond donors (Lipinski definition) is 1. The lowest BCUT2D eigenvalue weighted by Crippen LogP contribution is -2.50. The third-order valence-electron chi connectivity index (χ3n) is 4.14. The average Bonchev–Trinajstić information content (AvgIpc) is 2.65. The first-order valence-corrected chi connectivity index (χ1v) is 8.58. The second kappa shape index (κ2) is 8.53. The standard InChI is InChI=1S/C20H24N2O3/c1-16-6-5-9-18(12-16)25-15-19-14-22(10-11-24-19)20(23)21-13-17-7-3-2-4-8-17/h2-9,12,19H,10-11,13-15H2,1H3,(H,21,23)/t19-/m1/s1. The summed E-state index contributed by atoms with van der Waals surface area (Å²) in [7, 11) is 0. The lowest BCUT2D eigenvalue weighted by atomic mass is 10.2. The fourth-order valence-electron chi connectivity index (χ4n) is 2.78. The fraction of sp³-hybridized carbons (Fsp3) is 0.350. The molecule has 2 aromatic rings. The van der Waals surface area contributed by atoms with Crippen LogP contribution in [-0.4, -0.2) is 43.3 Å². The minimum Gasteiger partial charge on any atom is -0.491 e. The Hall–Kier alpha value is -2.53. The van der Waals surface area contributed by atoms with Crippen LogP contribution in [0.2, 0.25) is 0 Å². The molecule has 2 aromatic carbocycles. The van der Waals surface area contributed by atoms with E-state index >= 15 is 0 Å². The molecule has 0 radical (unpaired) electrons. The van der Waals surface area contributed by atoms with Crippen LogP contribution in [0.1, 0.15) is 11.1 Å². The first-order chi connectivity index (χ1) is 12.2. The van der Waals surface area contributed by atoms with Crippen molar-refractivity contribution in [3.05, 3.63) is 65.7 Å². The van der Waals surface area contributed by atoms with E-state index in [1.807, 2.05) is 61.5 Å². The molecule has 0 spiro atoms. The number of carbonyl (C=O) groups excluding carboxylic acids is 1. The first kappa shape index (κ1) is 17.3. The highest BCUT2D eigenvalue weighted by atomic mass is 16.5. The van der Waals surface area contributed by atoms with Crippen LogP contribution in [-0.2, 0) is 11.3 Å². The molecule has 2 amide bonds. The molecule has 1 N–H and O–H groups in total. The molecule has 1 aliphatic rings. The topological polar surface area (TPSA) is 50.8 Å². The van der Waals surface area contributed by atoms with E-state index in [1.54, 1.807) is 4.90 Å². The highest BCUT2D eigenvalue weighted by Crippen LogP contribution is 2.14. The lowest BCUT2D eigenvalue weighted by Gasteiger charge is -2.32. The van der Waals surface area contributed by atoms with Gasteiger partial charge >= 0.3 is 6.03 Å². The van der Waals surface area contributed by atoms with Gasteiger partial charge in [-0.25, -0.2) is 4.79 Å². The Balaban J connectivity index is 1.46. The van der Waals surface area contributed by atoms with E-state index in [-0.39, 0.29) is 12.1 Å². The van der Waals surface area contributed by atoms with Crippen LogP contribution in [0.15, 0.2) is 54.6 Å². The van der Waals surface area contributed by atoms with Crippen LogP contribution in [0, 0.1) is 6.92 Å². The SMILES string of the molecule is Cc1cccc(OC[C@H]2CN(C(=O)NCc3ccccc3)CCO2)c1. The molecule has 1 aliphatic heterocycles. The maximum absolute atomic E-state index is 12.4. The molecule has 1 heterocycles. The van der Waals surface area contributed by atoms with Crippen LogP contribution >= 0.6 is 0 Å². The van der Waals surface area contributed by atoms with E-state index in [0.29, 0.717) is 32.8 Å². The minimum atomic E-state index is -0.114. The number of hydrogen-bond acceptors (Lipinski definition) is 3. The van der Waals surface area contributed by atoms with Crippen molar-refractivity contribution in [1.29, 1.82) is 0 Å². The molecule has 0 aliphatic carbocycles. The number of aryl methyl sites for hydroxylation is 1. The van der Waals surface area contributed by atoms with Gasteiger partial charge in [0.25, 0.3) is 0 Å². The highest BCUT2D eigenvalue weighted by molar-refractivity contribution is 5.74. The molecule has 1 saturated heterocycles. The van der Waals surface area contributed by atoms with E-state index in [4.69, 9.17) is 9.47 Å². The normalized spacial score (nSPS) is 17.2. The maximum Gasteiger partial charge on any atom is 0.317 e. The molecule has 0 saturated carbocycles. The molecule has 0 bridgehead atoms. The van der Waals surface area contributed by atoms with Crippen molar-refractivity contribution >= 4 is 6.03 Å². The molecule has 132 valence electrons. The van der Waals surface area contributed by atoms with Crippen LogP contribution < -0.4 is 10.1 Å². The summed E-state index contributed by atoms with van der Waals surface area (Å²) in [6.45, 7) is 4.66. The largest absolute Gasteiger partial charge is 0.491 e. The van der Waals surface area contributed by atoms with Gasteiger partial charge in [0.2, 0.25) is 0 Å². The summed E-state index contributed by atoms with van der Waals surface area (Å²) >= 11 is 0. The first-order valence-electron chi connectivity index (χ1n) is 8.58. The predicted octanol–water partition coefficient (Wildman–Crippen LogP) is 2.98. The Morgan fingerprint density at radius 1 is 1.24 bits per heavy atom. The summed E-state index contributed by atoms with van der Waals surface area (Å²) in [5.41, 5.74) is 2.24. The summed E-state index contributed by atoms with van der Waals surface area (Å²) in [4.78, 5) is 14.1. The van der Waals surface area contributed by atoms with Gasteiger partial charge in [-0.15, -0.1) is 0 Å². The molecule has 25 heavy (non-hydrogen) atoms. The number of morpholine rings is 1. The van der Waals surface area contributed by atoms with E-state index in [1.165, 1.54) is 0 Å². The van der Waals surface area contributed by atoms with E-state index < -0.39 is 0 Å². The van der Waals surface area contributed by atoms with Gasteiger partial charge in [-0.2, -0.15) is 0 Å². The summed E-state index contributed by atoms with van der Waals surface area (Å²) in [5.74, 6) is 0.828. The highest BCUT2D eigenvalue weighted by Gasteiger charge is 2.24. The van der Waals surface area contributed by atoms with Crippen LogP contribution in [0.5, 0.6) is 5.75 Å². The van der Waals surface area contributed by atoms with Crippen molar-refractivity contribution < 1.29 is 14.3 Å². The van der Waals surface area contributed by atoms with Crippen molar-refractivity contribution in [2.75, 3.05) is 26.3 Å². The van der Waals surface area contributed by atoms with Crippen molar-refractivity contribution in [3.63, 3.8) is 0 Å². The number of nitrogens with zero attached hydrogens (tertiary/aromatic N) is 1. The van der Waals surface area contributed by atoms with Crippen molar-refractivity contribution in [2.24, 2.45) is 0 Å². The molecular formula is C20H24N2O3. The number of benzene rings is 2. The maximum atomic E-state index is 12.4. The Labute approximate surface area is 148 Å². The number of ether oxygens (including phenoxy) is 2. The Morgan fingerprint density at radius 3 is 2.88 bits per heavy atom. The van der Waals surface area contributed by atoms with Crippen LogP contribution in [0.25, 0.3) is 0 Å². The van der Waals surface area contributed by atoms with E-state index in [2.05, 4.69) is 5.32 Å². The van der Waals surface area contributed by atoms with Gasteiger partial charge in [-0.05, 0) is 30.2 Å². The Morgan fingerprint density at radius 2 is 2.08 bits per heavy atom. The van der Waals surface area contributed by atoms with Crippen LogP contribution in [0.4, 0.5) is 4.79 Å². The van der Waals surface area contributed by atoms with Gasteiger partial charge in [-0.1, -0.05) is 42.5 Å². The van der Waals surface area contributed by atoms with Crippen molar-refractivity contribution in [2.45, 2.75) is 19.6 Å². The molecule has 5 nitrogen and oxygen atoms in total. The van der Waals surface area contributed by atoms with Gasteiger partial charge in [0.05, 0.1) is 13.2 Å². The molecular weight excluding hydrogens is 316 g/mol. The van der Waals surface area contributed by atoms with Gasteiger partial charge in [0.15, 0.2) is 0 Å². The summed E-state index contributed by atoms with van der Waals surface area (Å²) in [6.07, 6.45) is -0.114. The molecule has 3 rings (SSSR count). The fourth-order valence-corrected chi connectivity index (χ4v) is 2.78. The summed E-state index contributed by atoms with van der Waals surface area (Å²) < 4.78 is 11.5. The number of nitrogens with one attached hydrogen (secondary N) is 1. The van der Waals surface area contributed by atoms with E-state index in [9.17, 15) is 4.79 Å². The minimum absolute atomic E-state index is 0.0623. The second-order valence-corrected chi connectivity index (χ2v) is 6.21. The van der Waals surface area contributed by atoms with Crippen molar-refractivity contribution in [1.82, 2.24) is 10.2 Å². The van der Waals surface area contributed by atoms with Crippen molar-refractivity contribution in [3.8, 4) is 5.75 Å². The zero-order chi connectivity index (χ0) is 17.5. The number of rotatable bonds is 5. The van der Waals surface area contributed by atoms with Crippen LogP contribution in [0.3, 0.4) is 0 Å². The monoisotopic (exact) mass is 340 g/mol. The summed E-state index contributed by atoms with van der Waals surface area (Å²) in [5, 5.41) is 2.96. The zero-order valence-corrected chi connectivity index (χ0v) is 14.5. The van der Waals surface area contributed by atoms with E-state index in [0.717, 1.165) is 16.9 Å². The molecule has 1 atom stereocenters. The predicted molar refractivity (Wildman–Crippen MR) is 96.7 cm³/mol. The third-order valence-corrected chi connectivity index (χ3v) is 4.14. The average molecular weight is 340 g/mol. The van der Waals surface area contributed by atoms with Gasteiger partial charge < -0.3 is 19.7 Å². The summed E-state index contributed by atoms with van der Waals surface area (Å²) in [6, 6.07) is 17.8. The molecule has 5 heteroatoms. The van der Waals surface area contributed by atoms with Gasteiger partial charge in [0, 0.05) is 13.1 Å². The third kappa shape index (κ3) is 5.22. The van der Waals surface area contributed by atoms with Gasteiger partial charge in [0.1, 0.15) is 18.5 Å². The number of amides is 2. The molecule has 1 fully saturated rings. The van der Waals surface area contributed by atoms with Gasteiger partial charge in [-0.3, -0.25) is 0 Å². The Kier molecular flexibility index (Phi) is 5.90. The lowest BCUT2D eigenvalue weighted by molar-refractivity contribution is -0.0352. The zero-order valence-electron chi connectivity index (χ0n) is 14.5.